The van der Waals surface area contributed by atoms with Crippen LogP contribution in [0.25, 0.3) is 21.6 Å². The van der Waals surface area contributed by atoms with E-state index in [1.807, 2.05) is 0 Å². The molecule has 12 heteroatoms. The maximum absolute atomic E-state index is 13.6. The van der Waals surface area contributed by atoms with Gasteiger partial charge in [0.1, 0.15) is 12.7 Å². The Morgan fingerprint density at radius 1 is 1.07 bits per heavy atom. The van der Waals surface area contributed by atoms with Crippen LogP contribution in [0.4, 0.5) is 26.3 Å². The van der Waals surface area contributed by atoms with Crippen molar-refractivity contribution in [3.05, 3.63) is 56.9 Å². The number of halogens is 7. The maximum atomic E-state index is 13.6. The Morgan fingerprint density at radius 2 is 1.79 bits per heavy atom. The van der Waals surface area contributed by atoms with Crippen molar-refractivity contribution in [2.24, 2.45) is 5.11 Å². The van der Waals surface area contributed by atoms with Crippen LogP contribution in [-0.4, -0.2) is 19.3 Å². The summed E-state index contributed by atoms with van der Waals surface area (Å²) in [6.07, 6.45) is -10.8. The predicted octanol–water partition coefficient (Wildman–Crippen LogP) is 6.49. The summed E-state index contributed by atoms with van der Waals surface area (Å²) < 4.78 is 90.5. The summed E-state index contributed by atoms with van der Waals surface area (Å²) in [5.74, 6) is -0.109. The highest BCUT2D eigenvalue weighted by Crippen LogP contribution is 2.48. The van der Waals surface area contributed by atoms with Gasteiger partial charge in [0.25, 0.3) is 0 Å². The topological polar surface area (TPSA) is 67.2 Å². The number of alkyl halides is 6. The third-order valence-corrected chi connectivity index (χ3v) is 4.24. The molecule has 1 unspecified atom stereocenters. The molecule has 0 fully saturated rings. The van der Waals surface area contributed by atoms with Crippen LogP contribution in [0.15, 0.2) is 35.4 Å². The lowest BCUT2D eigenvalue weighted by Gasteiger charge is -2.28. The van der Waals surface area contributed by atoms with Gasteiger partial charge in [-0.15, -0.1) is 0 Å². The van der Waals surface area contributed by atoms with Crippen molar-refractivity contribution in [2.45, 2.75) is 18.5 Å². The first-order chi connectivity index (χ1) is 13.5. The molecule has 5 nitrogen and oxygen atoms in total. The molecule has 0 saturated heterocycles. The second-order valence-corrected chi connectivity index (χ2v) is 6.44. The maximum Gasteiger partial charge on any atom is 0.417 e. The number of benzene rings is 2. The summed E-state index contributed by atoms with van der Waals surface area (Å²) in [4.78, 5) is 2.57. The molecule has 0 aromatic heterocycles. The third-order valence-electron chi connectivity index (χ3n) is 4.02. The summed E-state index contributed by atoms with van der Waals surface area (Å²) >= 11 is 5.96. The van der Waals surface area contributed by atoms with Crippen molar-refractivity contribution in [3.63, 3.8) is 0 Å². The summed E-state index contributed by atoms with van der Waals surface area (Å²) in [5, 5.41) is 3.33. The first-order valence-corrected chi connectivity index (χ1v) is 8.31. The second-order valence-electron chi connectivity index (χ2n) is 6.00. The molecule has 0 aliphatic carbocycles. The zero-order chi connectivity index (χ0) is 21.4. The predicted molar refractivity (Wildman–Crippen MR) is 90.8 cm³/mol. The third kappa shape index (κ3) is 4.46. The molecule has 0 spiro atoms. The lowest BCUT2D eigenvalue weighted by atomic mass is 9.95. The summed E-state index contributed by atoms with van der Waals surface area (Å²) in [7, 11) is 0. The molecular weight excluding hydrogens is 428 g/mol. The van der Waals surface area contributed by atoms with E-state index in [1.54, 1.807) is 0 Å². The molecule has 0 bridgehead atoms. The van der Waals surface area contributed by atoms with E-state index in [2.05, 4.69) is 10.0 Å². The van der Waals surface area contributed by atoms with Crippen molar-refractivity contribution in [1.82, 2.24) is 0 Å². The molecule has 1 aliphatic heterocycles. The summed E-state index contributed by atoms with van der Waals surface area (Å²) in [6, 6.07) is 3.72. The quantitative estimate of drug-likeness (QED) is 0.238. The molecule has 1 aliphatic rings. The van der Waals surface area contributed by atoms with Crippen LogP contribution in [-0.2, 0) is 12.4 Å². The van der Waals surface area contributed by atoms with Crippen LogP contribution in [0.2, 0.25) is 5.02 Å². The van der Waals surface area contributed by atoms with Crippen LogP contribution in [0, 0.1) is 0 Å². The Bertz CT molecular complexity index is 986. The highest BCUT2D eigenvalue weighted by atomic mass is 35.5. The first-order valence-electron chi connectivity index (χ1n) is 7.93. The van der Waals surface area contributed by atoms with Crippen LogP contribution in [0.3, 0.4) is 0 Å². The molecule has 0 N–H and O–H groups in total. The van der Waals surface area contributed by atoms with E-state index in [4.69, 9.17) is 26.6 Å². The second kappa shape index (κ2) is 7.57. The summed E-state index contributed by atoms with van der Waals surface area (Å²) in [6.45, 7) is -0.206. The van der Waals surface area contributed by atoms with Gasteiger partial charge in [-0.1, -0.05) is 22.8 Å². The van der Waals surface area contributed by atoms with Gasteiger partial charge in [0, 0.05) is 21.6 Å². The minimum absolute atomic E-state index is 0.00358. The molecule has 0 amide bonds. The molecule has 0 radical (unpaired) electrons. The average molecular weight is 438 g/mol. The number of rotatable bonds is 3. The normalized spacial score (nSPS) is 16.3. The molecule has 29 heavy (non-hydrogen) atoms. The fourth-order valence-electron chi connectivity index (χ4n) is 2.79. The van der Waals surface area contributed by atoms with E-state index < -0.39 is 35.1 Å². The Labute approximate surface area is 164 Å². The number of hydrogen-bond donors (Lipinski definition) is 0. The van der Waals surface area contributed by atoms with Crippen LogP contribution >= 0.6 is 11.6 Å². The number of nitrogens with zero attached hydrogens (tertiary/aromatic N) is 3. The molecular formula is C17H10ClF6N3O2. The monoisotopic (exact) mass is 437 g/mol. The molecule has 3 rings (SSSR count). The highest BCUT2D eigenvalue weighted by Gasteiger charge is 2.39. The Morgan fingerprint density at radius 3 is 2.41 bits per heavy atom. The number of hydrogen-bond acceptors (Lipinski definition) is 3. The van der Waals surface area contributed by atoms with Gasteiger partial charge < -0.3 is 9.47 Å². The van der Waals surface area contributed by atoms with Gasteiger partial charge in [-0.05, 0) is 29.3 Å². The smallest absolute Gasteiger partial charge is 0.417 e. The van der Waals surface area contributed by atoms with Gasteiger partial charge in [-0.2, -0.15) is 26.3 Å². The van der Waals surface area contributed by atoms with Crippen molar-refractivity contribution in [3.8, 4) is 22.6 Å². The highest BCUT2D eigenvalue weighted by molar-refractivity contribution is 6.31. The van der Waals surface area contributed by atoms with Crippen molar-refractivity contribution in [1.29, 1.82) is 0 Å². The van der Waals surface area contributed by atoms with E-state index in [9.17, 15) is 26.3 Å². The Kier molecular flexibility index (Phi) is 5.46. The molecule has 1 heterocycles. The van der Waals surface area contributed by atoms with E-state index in [0.29, 0.717) is 12.1 Å². The van der Waals surface area contributed by atoms with Crippen LogP contribution in [0.5, 0.6) is 11.5 Å². The lowest BCUT2D eigenvalue weighted by Crippen LogP contribution is -2.31. The van der Waals surface area contributed by atoms with Crippen molar-refractivity contribution >= 4 is 11.6 Å². The van der Waals surface area contributed by atoms with Gasteiger partial charge in [0.05, 0.1) is 17.7 Å². The fourth-order valence-corrected chi connectivity index (χ4v) is 3.00. The molecule has 154 valence electrons. The van der Waals surface area contributed by atoms with E-state index in [1.165, 1.54) is 6.07 Å². The van der Waals surface area contributed by atoms with Crippen molar-refractivity contribution in [2.75, 3.05) is 13.2 Å². The Balaban J connectivity index is 2.19. The molecule has 2 aromatic rings. The number of azide groups is 1. The largest absolute Gasteiger partial charge is 0.486 e. The minimum atomic E-state index is -5.08. The van der Waals surface area contributed by atoms with E-state index in [-0.39, 0.29) is 41.3 Å². The zero-order valence-corrected chi connectivity index (χ0v) is 14.9. The first kappa shape index (κ1) is 20.9. The van der Waals surface area contributed by atoms with Gasteiger partial charge >= 0.3 is 12.4 Å². The summed E-state index contributed by atoms with van der Waals surface area (Å²) in [5.41, 5.74) is 4.71. The number of ether oxygens (including phenoxy) is 2. The van der Waals surface area contributed by atoms with E-state index in [0.717, 1.165) is 6.07 Å². The van der Waals surface area contributed by atoms with Crippen LogP contribution in [0.1, 0.15) is 11.1 Å². The van der Waals surface area contributed by atoms with E-state index >= 15 is 0 Å². The fraction of sp³-hybridized carbons (Fsp3) is 0.294. The standard InChI is InChI=1S/C17H10ClF6N3O2/c18-9-4-12(15-14(5-9)28-7-10(29-15)6-26-27-25)11-2-1-8(16(19,20)21)3-13(11)17(22,23)24/h1-5,10H,6-7H2. The van der Waals surface area contributed by atoms with Gasteiger partial charge in [0.2, 0.25) is 0 Å². The number of fused-ring (bicyclic) bond motifs is 1. The Hall–Kier alpha value is -2.78. The van der Waals surface area contributed by atoms with Gasteiger partial charge in [-0.3, -0.25) is 0 Å². The zero-order valence-electron chi connectivity index (χ0n) is 14.2. The SMILES string of the molecule is [N-]=[N+]=NCC1COc2cc(Cl)cc(-c3ccc(C(F)(F)F)cc3C(F)(F)F)c2O1. The van der Waals surface area contributed by atoms with Crippen molar-refractivity contribution < 1.29 is 35.8 Å². The molecule has 0 saturated carbocycles. The minimum Gasteiger partial charge on any atom is -0.486 e. The van der Waals surface area contributed by atoms with Gasteiger partial charge in [0.15, 0.2) is 11.5 Å². The van der Waals surface area contributed by atoms with Gasteiger partial charge in [-0.25, -0.2) is 0 Å². The molecule has 2 aromatic carbocycles. The average Bonchev–Trinajstić information content (AvgIpc) is 2.63. The molecule has 1 atom stereocenters. The van der Waals surface area contributed by atoms with Crippen LogP contribution < -0.4 is 9.47 Å². The lowest BCUT2D eigenvalue weighted by molar-refractivity contribution is -0.142.